The minimum absolute atomic E-state index is 0.790. The minimum atomic E-state index is 0.790. The van der Waals surface area contributed by atoms with Crippen molar-refractivity contribution in [3.8, 4) is 0 Å². The molecular weight excluding hydrogens is 320 g/mol. The van der Waals surface area contributed by atoms with Crippen molar-refractivity contribution < 1.29 is 0 Å². The van der Waals surface area contributed by atoms with Crippen LogP contribution < -0.4 is 0 Å². The Bertz CT molecular complexity index is 927. The summed E-state index contributed by atoms with van der Waals surface area (Å²) in [6.45, 7) is 4.10. The zero-order chi connectivity index (χ0) is 16.7. The highest BCUT2D eigenvalue weighted by Crippen LogP contribution is 2.33. The zero-order valence-corrected chi connectivity index (χ0v) is 14.6. The molecule has 0 aliphatic carbocycles. The average molecular weight is 339 g/mol. The van der Waals surface area contributed by atoms with Gasteiger partial charge in [0, 0.05) is 41.6 Å². The molecule has 122 valence electrons. The lowest BCUT2D eigenvalue weighted by Crippen LogP contribution is -2.27. The highest BCUT2D eigenvalue weighted by atomic mass is 35.5. The molecule has 0 unspecified atom stereocenters. The van der Waals surface area contributed by atoms with Crippen molar-refractivity contribution in [2.75, 3.05) is 13.6 Å². The van der Waals surface area contributed by atoms with E-state index >= 15 is 0 Å². The topological polar surface area (TPSA) is 34.0 Å². The van der Waals surface area contributed by atoms with Gasteiger partial charge in [0.15, 0.2) is 0 Å². The van der Waals surface area contributed by atoms with Crippen molar-refractivity contribution in [3.05, 3.63) is 58.8 Å². The largest absolute Gasteiger partial charge is 0.318 e. The molecule has 0 saturated heterocycles. The first kappa shape index (κ1) is 15.4. The van der Waals surface area contributed by atoms with Gasteiger partial charge in [-0.1, -0.05) is 11.6 Å². The van der Waals surface area contributed by atoms with Crippen LogP contribution in [-0.2, 0) is 13.0 Å². The number of nitrogens with zero attached hydrogens (tertiary/aromatic N) is 4. The van der Waals surface area contributed by atoms with Gasteiger partial charge in [-0.15, -0.1) is 0 Å². The molecule has 0 saturated carbocycles. The number of hydrogen-bond donors (Lipinski definition) is 0. The molecule has 4 rings (SSSR count). The average Bonchev–Trinajstić information content (AvgIpc) is 2.88. The molecule has 3 heterocycles. The van der Waals surface area contributed by atoms with E-state index in [1.165, 1.54) is 22.2 Å². The van der Waals surface area contributed by atoms with Crippen LogP contribution in [0.15, 0.2) is 36.8 Å². The van der Waals surface area contributed by atoms with Gasteiger partial charge < -0.3 is 9.47 Å². The highest BCUT2D eigenvalue weighted by molar-refractivity contribution is 6.31. The van der Waals surface area contributed by atoms with Crippen LogP contribution in [0.3, 0.4) is 0 Å². The van der Waals surface area contributed by atoms with Crippen LogP contribution in [0.25, 0.3) is 22.7 Å². The number of rotatable bonds is 2. The van der Waals surface area contributed by atoms with Crippen LogP contribution in [-0.4, -0.2) is 33.0 Å². The van der Waals surface area contributed by atoms with E-state index in [0.29, 0.717) is 0 Å². The van der Waals surface area contributed by atoms with Gasteiger partial charge in [0.25, 0.3) is 0 Å². The Morgan fingerprint density at radius 1 is 1.29 bits per heavy atom. The van der Waals surface area contributed by atoms with Gasteiger partial charge in [-0.3, -0.25) is 0 Å². The monoisotopic (exact) mass is 338 g/mol. The first-order chi connectivity index (χ1) is 11.6. The number of halogens is 1. The fourth-order valence-electron chi connectivity index (χ4n) is 3.43. The molecule has 4 nitrogen and oxygen atoms in total. The Morgan fingerprint density at radius 2 is 2.17 bits per heavy atom. The summed E-state index contributed by atoms with van der Waals surface area (Å²) in [5.41, 5.74) is 6.01. The number of fused-ring (bicyclic) bond motifs is 3. The number of aromatic nitrogens is 3. The summed E-state index contributed by atoms with van der Waals surface area (Å²) in [6.07, 6.45) is 6.59. The fraction of sp³-hybridized carbons (Fsp3) is 0.263. The fourth-order valence-corrected chi connectivity index (χ4v) is 3.60. The predicted molar refractivity (Wildman–Crippen MR) is 98.9 cm³/mol. The van der Waals surface area contributed by atoms with E-state index < -0.39 is 0 Å². The Balaban J connectivity index is 1.93. The van der Waals surface area contributed by atoms with Crippen LogP contribution in [0, 0.1) is 0 Å². The van der Waals surface area contributed by atoms with Gasteiger partial charge in [0.05, 0.1) is 11.2 Å². The summed E-state index contributed by atoms with van der Waals surface area (Å²) in [4.78, 5) is 10.7. The third-order valence-corrected chi connectivity index (χ3v) is 4.89. The number of hydrogen-bond acceptors (Lipinski definition) is 3. The normalized spacial score (nSPS) is 15.7. The molecule has 0 N–H and O–H groups in total. The SMILES string of the molecule is CC(=Cn1c2c(c3cc(Cl)ccc31)CCN(C)C2)c1ccncn1. The summed E-state index contributed by atoms with van der Waals surface area (Å²) in [7, 11) is 2.17. The molecule has 24 heavy (non-hydrogen) atoms. The van der Waals surface area contributed by atoms with Gasteiger partial charge in [0.1, 0.15) is 6.33 Å². The van der Waals surface area contributed by atoms with Crippen LogP contribution in [0.2, 0.25) is 5.02 Å². The van der Waals surface area contributed by atoms with E-state index in [1.54, 1.807) is 12.5 Å². The molecule has 1 aromatic carbocycles. The van der Waals surface area contributed by atoms with Gasteiger partial charge in [0.2, 0.25) is 0 Å². The summed E-state index contributed by atoms with van der Waals surface area (Å²) in [5, 5.41) is 2.05. The summed E-state index contributed by atoms with van der Waals surface area (Å²) in [6, 6.07) is 8.10. The van der Waals surface area contributed by atoms with Crippen molar-refractivity contribution in [1.29, 1.82) is 0 Å². The van der Waals surface area contributed by atoms with E-state index in [9.17, 15) is 0 Å². The molecule has 1 aliphatic heterocycles. The second-order valence-corrected chi connectivity index (χ2v) is 6.79. The van der Waals surface area contributed by atoms with Crippen LogP contribution >= 0.6 is 11.6 Å². The smallest absolute Gasteiger partial charge is 0.116 e. The van der Waals surface area contributed by atoms with Crippen molar-refractivity contribution in [3.63, 3.8) is 0 Å². The second-order valence-electron chi connectivity index (χ2n) is 6.35. The zero-order valence-electron chi connectivity index (χ0n) is 13.8. The standard InChI is InChI=1S/C19H19ClN4/c1-13(17-5-7-21-12-22-17)10-24-18-4-3-14(20)9-16(18)15-6-8-23(2)11-19(15)24/h3-5,7,9-10,12H,6,8,11H2,1-2H3. The summed E-state index contributed by atoms with van der Waals surface area (Å²) >= 11 is 6.25. The lowest BCUT2D eigenvalue weighted by Gasteiger charge is -2.24. The molecule has 0 fully saturated rings. The minimum Gasteiger partial charge on any atom is -0.318 e. The molecule has 0 atom stereocenters. The number of benzene rings is 1. The van der Waals surface area contributed by atoms with Crippen molar-refractivity contribution in [2.45, 2.75) is 19.9 Å². The van der Waals surface area contributed by atoms with Gasteiger partial charge in [-0.2, -0.15) is 0 Å². The van der Waals surface area contributed by atoms with Crippen molar-refractivity contribution in [2.24, 2.45) is 0 Å². The molecule has 0 radical (unpaired) electrons. The quantitative estimate of drug-likeness (QED) is 0.705. The summed E-state index contributed by atoms with van der Waals surface area (Å²) < 4.78 is 2.30. The van der Waals surface area contributed by atoms with E-state index in [-0.39, 0.29) is 0 Å². The molecule has 1 aliphatic rings. The van der Waals surface area contributed by atoms with E-state index in [4.69, 9.17) is 11.6 Å². The first-order valence-electron chi connectivity index (χ1n) is 8.08. The third-order valence-electron chi connectivity index (χ3n) is 4.65. The Labute approximate surface area is 146 Å². The molecular formula is C19H19ClN4. The lowest BCUT2D eigenvalue weighted by molar-refractivity contribution is 0.308. The second kappa shape index (κ2) is 6.04. The van der Waals surface area contributed by atoms with Gasteiger partial charge >= 0.3 is 0 Å². The van der Waals surface area contributed by atoms with Gasteiger partial charge in [-0.25, -0.2) is 9.97 Å². The molecule has 0 amide bonds. The van der Waals surface area contributed by atoms with E-state index in [2.05, 4.69) is 51.7 Å². The van der Waals surface area contributed by atoms with Crippen LogP contribution in [0.1, 0.15) is 23.9 Å². The Hall–Kier alpha value is -2.17. The highest BCUT2D eigenvalue weighted by Gasteiger charge is 2.22. The van der Waals surface area contributed by atoms with Gasteiger partial charge in [-0.05, 0) is 55.8 Å². The maximum atomic E-state index is 6.25. The molecule has 0 spiro atoms. The Morgan fingerprint density at radius 3 is 2.96 bits per heavy atom. The molecule has 0 bridgehead atoms. The van der Waals surface area contributed by atoms with E-state index in [0.717, 1.165) is 35.8 Å². The maximum Gasteiger partial charge on any atom is 0.116 e. The number of likely N-dealkylation sites (N-methyl/N-ethyl adjacent to an activating group) is 1. The molecule has 2 aromatic heterocycles. The molecule has 3 aromatic rings. The van der Waals surface area contributed by atoms with Crippen LogP contribution in [0.4, 0.5) is 0 Å². The predicted octanol–water partition coefficient (Wildman–Crippen LogP) is 4.09. The maximum absolute atomic E-state index is 6.25. The third kappa shape index (κ3) is 2.62. The Kier molecular flexibility index (Phi) is 3.87. The van der Waals surface area contributed by atoms with Crippen molar-refractivity contribution in [1.82, 2.24) is 19.4 Å². The number of allylic oxidation sites excluding steroid dienone is 1. The van der Waals surface area contributed by atoms with Crippen LogP contribution in [0.5, 0.6) is 0 Å². The molecule has 5 heteroatoms. The summed E-state index contributed by atoms with van der Waals surface area (Å²) in [5.74, 6) is 0. The lowest BCUT2D eigenvalue weighted by atomic mass is 10.0. The van der Waals surface area contributed by atoms with E-state index in [1.807, 2.05) is 12.1 Å². The first-order valence-corrected chi connectivity index (χ1v) is 8.46. The van der Waals surface area contributed by atoms with Crippen molar-refractivity contribution >= 4 is 34.3 Å².